The van der Waals surface area contributed by atoms with E-state index in [1.54, 1.807) is 6.20 Å². The zero-order valence-corrected chi connectivity index (χ0v) is 14.1. The number of nitrogens with zero attached hydrogens (tertiary/aromatic N) is 2. The van der Waals surface area contributed by atoms with Gasteiger partial charge in [-0.05, 0) is 25.0 Å². The highest BCUT2D eigenvalue weighted by Gasteiger charge is 2.33. The highest BCUT2D eigenvalue weighted by Crippen LogP contribution is 2.33. The van der Waals surface area contributed by atoms with E-state index in [9.17, 15) is 5.11 Å². The van der Waals surface area contributed by atoms with Crippen LogP contribution in [0.15, 0.2) is 73.1 Å². The predicted octanol–water partition coefficient (Wildman–Crippen LogP) is 4.16. The molecule has 1 heterocycles. The molecule has 24 heavy (non-hydrogen) atoms. The molecule has 0 radical (unpaired) electrons. The minimum atomic E-state index is -1.13. The molecule has 3 nitrogen and oxygen atoms in total. The maximum absolute atomic E-state index is 11.6. The minimum absolute atomic E-state index is 0.400. The van der Waals surface area contributed by atoms with Crippen LogP contribution in [0.1, 0.15) is 29.4 Å². The molecule has 0 saturated carbocycles. The summed E-state index contributed by atoms with van der Waals surface area (Å²) < 4.78 is 1.95. The Balaban J connectivity index is 2.08. The fourth-order valence-electron chi connectivity index (χ4n) is 2.92. The lowest BCUT2D eigenvalue weighted by Gasteiger charge is -2.29. The maximum atomic E-state index is 11.6. The molecule has 0 aliphatic carbocycles. The fraction of sp³-hybridized carbons (Fsp3) is 0.190. The molecule has 3 heteroatoms. The lowest BCUT2D eigenvalue weighted by Crippen LogP contribution is -2.31. The maximum Gasteiger partial charge on any atom is 0.122 e. The van der Waals surface area contributed by atoms with Crippen LogP contribution in [0.5, 0.6) is 0 Å². The van der Waals surface area contributed by atoms with Gasteiger partial charge in [0, 0.05) is 25.0 Å². The molecule has 0 aliphatic rings. The van der Waals surface area contributed by atoms with Crippen molar-refractivity contribution in [1.82, 2.24) is 9.55 Å². The Kier molecular flexibility index (Phi) is 4.63. The number of hydrogen-bond donors (Lipinski definition) is 1. The Morgan fingerprint density at radius 3 is 2.38 bits per heavy atom. The first-order valence-corrected chi connectivity index (χ1v) is 8.13. The number of aromatic nitrogens is 2. The van der Waals surface area contributed by atoms with E-state index in [4.69, 9.17) is 0 Å². The summed E-state index contributed by atoms with van der Waals surface area (Å²) in [5.41, 5.74) is 1.78. The SMILES string of the molecule is C/C=C/n1ccnc1C[C@@](O)(c1ccccc1)c1ccc(C)cc1. The van der Waals surface area contributed by atoms with Gasteiger partial charge >= 0.3 is 0 Å². The van der Waals surface area contributed by atoms with Crippen LogP contribution in [0.4, 0.5) is 0 Å². The summed E-state index contributed by atoms with van der Waals surface area (Å²) in [6, 6.07) is 17.8. The van der Waals surface area contributed by atoms with E-state index in [0.29, 0.717) is 6.42 Å². The molecule has 1 aromatic heterocycles. The van der Waals surface area contributed by atoms with Gasteiger partial charge in [-0.2, -0.15) is 0 Å². The van der Waals surface area contributed by atoms with Crippen molar-refractivity contribution in [3.05, 3.63) is 95.6 Å². The molecule has 0 bridgehead atoms. The van der Waals surface area contributed by atoms with Gasteiger partial charge in [0.05, 0.1) is 0 Å². The van der Waals surface area contributed by atoms with Crippen LogP contribution < -0.4 is 0 Å². The highest BCUT2D eigenvalue weighted by molar-refractivity contribution is 5.39. The molecule has 3 aromatic rings. The van der Waals surface area contributed by atoms with E-state index >= 15 is 0 Å². The number of rotatable bonds is 5. The standard InChI is InChI=1S/C21H22N2O/c1-3-14-23-15-13-22-20(23)16-21(24,18-7-5-4-6-8-18)19-11-9-17(2)10-12-19/h3-15,24H,16H2,1-2H3/b14-3+/t21-/m1/s1. The molecular formula is C21H22N2O. The van der Waals surface area contributed by atoms with Gasteiger partial charge in [0.25, 0.3) is 0 Å². The fourth-order valence-corrected chi connectivity index (χ4v) is 2.92. The van der Waals surface area contributed by atoms with Gasteiger partial charge in [-0.25, -0.2) is 4.98 Å². The molecule has 1 N–H and O–H groups in total. The summed E-state index contributed by atoms with van der Waals surface area (Å²) in [6.07, 6.45) is 7.96. The number of imidazole rings is 1. The first-order chi connectivity index (χ1) is 11.6. The van der Waals surface area contributed by atoms with Crippen molar-refractivity contribution >= 4 is 6.20 Å². The highest BCUT2D eigenvalue weighted by atomic mass is 16.3. The summed E-state index contributed by atoms with van der Waals surface area (Å²) >= 11 is 0. The van der Waals surface area contributed by atoms with Crippen LogP contribution in [0, 0.1) is 6.92 Å². The van der Waals surface area contributed by atoms with Crippen molar-refractivity contribution in [1.29, 1.82) is 0 Å². The summed E-state index contributed by atoms with van der Waals surface area (Å²) in [5, 5.41) is 11.6. The first kappa shape index (κ1) is 16.2. The number of benzene rings is 2. The third-order valence-corrected chi connectivity index (χ3v) is 4.25. The second kappa shape index (κ2) is 6.85. The monoisotopic (exact) mass is 318 g/mol. The van der Waals surface area contributed by atoms with E-state index in [-0.39, 0.29) is 0 Å². The Morgan fingerprint density at radius 2 is 1.71 bits per heavy atom. The third-order valence-electron chi connectivity index (χ3n) is 4.25. The van der Waals surface area contributed by atoms with Gasteiger partial charge in [0.2, 0.25) is 0 Å². The Bertz CT molecular complexity index is 819. The largest absolute Gasteiger partial charge is 0.380 e. The molecule has 0 saturated heterocycles. The van der Waals surface area contributed by atoms with Gasteiger partial charge < -0.3 is 9.67 Å². The average Bonchev–Trinajstić information content (AvgIpc) is 3.03. The first-order valence-electron chi connectivity index (χ1n) is 8.13. The van der Waals surface area contributed by atoms with Crippen molar-refractivity contribution in [2.24, 2.45) is 0 Å². The van der Waals surface area contributed by atoms with E-state index in [1.807, 2.05) is 91.5 Å². The van der Waals surface area contributed by atoms with Crippen LogP contribution in [0.25, 0.3) is 6.20 Å². The number of aliphatic hydroxyl groups is 1. The van der Waals surface area contributed by atoms with E-state index < -0.39 is 5.60 Å². The molecule has 0 aliphatic heterocycles. The van der Waals surface area contributed by atoms with Crippen molar-refractivity contribution < 1.29 is 5.11 Å². The predicted molar refractivity (Wildman–Crippen MR) is 97.6 cm³/mol. The second-order valence-corrected chi connectivity index (χ2v) is 6.00. The molecule has 0 amide bonds. The molecule has 2 aromatic carbocycles. The Labute approximate surface area is 142 Å². The normalized spacial score (nSPS) is 14.0. The van der Waals surface area contributed by atoms with Crippen LogP contribution in [0.3, 0.4) is 0 Å². The van der Waals surface area contributed by atoms with Gasteiger partial charge in [-0.15, -0.1) is 0 Å². The van der Waals surface area contributed by atoms with Gasteiger partial charge in [0.15, 0.2) is 0 Å². The lowest BCUT2D eigenvalue weighted by molar-refractivity contribution is 0.0786. The zero-order chi connectivity index (χ0) is 17.0. The quantitative estimate of drug-likeness (QED) is 0.767. The van der Waals surface area contributed by atoms with Crippen molar-refractivity contribution in [2.75, 3.05) is 0 Å². The third kappa shape index (κ3) is 3.17. The molecule has 0 fully saturated rings. The van der Waals surface area contributed by atoms with Gasteiger partial charge in [0.1, 0.15) is 11.4 Å². The number of allylic oxidation sites excluding steroid dienone is 1. The van der Waals surface area contributed by atoms with Crippen molar-refractivity contribution in [3.8, 4) is 0 Å². The van der Waals surface area contributed by atoms with Crippen LogP contribution in [0.2, 0.25) is 0 Å². The van der Waals surface area contributed by atoms with Crippen LogP contribution in [-0.4, -0.2) is 14.7 Å². The minimum Gasteiger partial charge on any atom is -0.380 e. The average molecular weight is 318 g/mol. The summed E-state index contributed by atoms with van der Waals surface area (Å²) in [6.45, 7) is 4.01. The number of aryl methyl sites for hydroxylation is 1. The van der Waals surface area contributed by atoms with Crippen LogP contribution >= 0.6 is 0 Å². The smallest absolute Gasteiger partial charge is 0.122 e. The zero-order valence-electron chi connectivity index (χ0n) is 14.1. The van der Waals surface area contributed by atoms with Crippen LogP contribution in [-0.2, 0) is 12.0 Å². The second-order valence-electron chi connectivity index (χ2n) is 6.00. The molecule has 1 atom stereocenters. The van der Waals surface area contributed by atoms with Crippen molar-refractivity contribution in [2.45, 2.75) is 25.9 Å². The molecule has 3 rings (SSSR count). The van der Waals surface area contributed by atoms with E-state index in [0.717, 1.165) is 17.0 Å². The van der Waals surface area contributed by atoms with Crippen molar-refractivity contribution in [3.63, 3.8) is 0 Å². The topological polar surface area (TPSA) is 38.0 Å². The van der Waals surface area contributed by atoms with Gasteiger partial charge in [-0.1, -0.05) is 66.2 Å². The summed E-state index contributed by atoms with van der Waals surface area (Å²) in [4.78, 5) is 4.44. The Hall–Kier alpha value is -2.65. The summed E-state index contributed by atoms with van der Waals surface area (Å²) in [7, 11) is 0. The summed E-state index contributed by atoms with van der Waals surface area (Å²) in [5.74, 6) is 0.819. The number of hydrogen-bond acceptors (Lipinski definition) is 2. The van der Waals surface area contributed by atoms with E-state index in [2.05, 4.69) is 4.98 Å². The molecular weight excluding hydrogens is 296 g/mol. The van der Waals surface area contributed by atoms with Gasteiger partial charge in [-0.3, -0.25) is 0 Å². The Morgan fingerprint density at radius 1 is 1.04 bits per heavy atom. The molecule has 122 valence electrons. The van der Waals surface area contributed by atoms with E-state index in [1.165, 1.54) is 5.56 Å². The molecule has 0 spiro atoms. The molecule has 0 unspecified atom stereocenters. The lowest BCUT2D eigenvalue weighted by atomic mass is 9.83.